The van der Waals surface area contributed by atoms with Crippen LogP contribution in [0.3, 0.4) is 0 Å². The standard InChI is InChI=1S/C20H22N4O2S2/c1-14(18(25)24(2)13-15-9-5-4-6-10-15)27-20-23-22-19(28-20)21-16-11-7-8-12-17(16)26-3/h4-12,14H,13H2,1-3H3,(H,21,22)/t14-/m0/s1. The van der Waals surface area contributed by atoms with E-state index in [0.29, 0.717) is 11.7 Å². The van der Waals surface area contributed by atoms with Gasteiger partial charge in [0.2, 0.25) is 11.0 Å². The van der Waals surface area contributed by atoms with Crippen molar-refractivity contribution in [1.29, 1.82) is 0 Å². The zero-order valence-corrected chi connectivity index (χ0v) is 17.6. The Morgan fingerprint density at radius 2 is 1.89 bits per heavy atom. The van der Waals surface area contributed by atoms with Crippen molar-refractivity contribution in [1.82, 2.24) is 15.1 Å². The quantitative estimate of drug-likeness (QED) is 0.550. The molecule has 0 saturated carbocycles. The molecule has 2 aromatic carbocycles. The fourth-order valence-corrected chi connectivity index (χ4v) is 4.64. The van der Waals surface area contributed by atoms with Crippen LogP contribution in [0.2, 0.25) is 0 Å². The summed E-state index contributed by atoms with van der Waals surface area (Å²) in [5, 5.41) is 12.0. The third kappa shape index (κ3) is 5.24. The molecule has 1 atom stereocenters. The molecular formula is C20H22N4O2S2. The maximum atomic E-state index is 12.7. The van der Waals surface area contributed by atoms with Crippen LogP contribution in [0, 0.1) is 0 Å². The van der Waals surface area contributed by atoms with E-state index in [2.05, 4.69) is 15.5 Å². The predicted molar refractivity (Wildman–Crippen MR) is 114 cm³/mol. The first-order valence-electron chi connectivity index (χ1n) is 8.76. The third-order valence-electron chi connectivity index (χ3n) is 4.02. The van der Waals surface area contributed by atoms with Gasteiger partial charge in [-0.3, -0.25) is 4.79 Å². The number of anilines is 2. The molecule has 8 heteroatoms. The second-order valence-electron chi connectivity index (χ2n) is 6.14. The normalized spacial score (nSPS) is 11.7. The molecule has 0 aliphatic rings. The molecule has 146 valence electrons. The number of hydrogen-bond donors (Lipinski definition) is 1. The number of carbonyl (C=O) groups excluding carboxylic acids is 1. The van der Waals surface area contributed by atoms with E-state index in [1.54, 1.807) is 12.0 Å². The summed E-state index contributed by atoms with van der Waals surface area (Å²) >= 11 is 2.83. The smallest absolute Gasteiger partial charge is 0.235 e. The number of nitrogens with zero attached hydrogens (tertiary/aromatic N) is 3. The lowest BCUT2D eigenvalue weighted by atomic mass is 10.2. The van der Waals surface area contributed by atoms with Gasteiger partial charge in [0, 0.05) is 13.6 Å². The molecule has 3 rings (SSSR count). The molecule has 0 spiro atoms. The number of methoxy groups -OCH3 is 1. The molecule has 1 aromatic heterocycles. The molecule has 0 saturated heterocycles. The Hall–Kier alpha value is -2.58. The van der Waals surface area contributed by atoms with Gasteiger partial charge in [0.15, 0.2) is 4.34 Å². The Morgan fingerprint density at radius 3 is 2.64 bits per heavy atom. The summed E-state index contributed by atoms with van der Waals surface area (Å²) in [5.74, 6) is 0.793. The maximum absolute atomic E-state index is 12.7. The summed E-state index contributed by atoms with van der Waals surface area (Å²) in [4.78, 5) is 14.4. The van der Waals surface area contributed by atoms with E-state index in [0.717, 1.165) is 21.3 Å². The van der Waals surface area contributed by atoms with Gasteiger partial charge in [-0.15, -0.1) is 10.2 Å². The van der Waals surface area contributed by atoms with Crippen molar-refractivity contribution >= 4 is 39.8 Å². The Labute approximate surface area is 172 Å². The molecule has 28 heavy (non-hydrogen) atoms. The summed E-state index contributed by atoms with van der Waals surface area (Å²) in [6, 6.07) is 17.6. The summed E-state index contributed by atoms with van der Waals surface area (Å²) in [7, 11) is 3.45. The summed E-state index contributed by atoms with van der Waals surface area (Å²) in [5.41, 5.74) is 1.93. The van der Waals surface area contributed by atoms with Crippen LogP contribution in [0.15, 0.2) is 58.9 Å². The largest absolute Gasteiger partial charge is 0.495 e. The highest BCUT2D eigenvalue weighted by Gasteiger charge is 2.21. The lowest BCUT2D eigenvalue weighted by Gasteiger charge is -2.20. The molecule has 0 unspecified atom stereocenters. The monoisotopic (exact) mass is 414 g/mol. The average molecular weight is 415 g/mol. The van der Waals surface area contributed by atoms with Gasteiger partial charge in [-0.05, 0) is 24.6 Å². The molecule has 1 amide bonds. The Balaban J connectivity index is 1.58. The molecule has 0 radical (unpaired) electrons. The van der Waals surface area contributed by atoms with Crippen molar-refractivity contribution < 1.29 is 9.53 Å². The molecule has 0 fully saturated rings. The first-order valence-corrected chi connectivity index (χ1v) is 10.5. The molecule has 0 aliphatic heterocycles. The van der Waals surface area contributed by atoms with Gasteiger partial charge in [-0.1, -0.05) is 65.6 Å². The van der Waals surface area contributed by atoms with Gasteiger partial charge < -0.3 is 15.0 Å². The average Bonchev–Trinajstić information content (AvgIpc) is 3.15. The van der Waals surface area contributed by atoms with E-state index in [1.165, 1.54) is 23.1 Å². The van der Waals surface area contributed by atoms with Gasteiger partial charge in [0.05, 0.1) is 18.0 Å². The van der Waals surface area contributed by atoms with Crippen LogP contribution < -0.4 is 10.1 Å². The first-order chi connectivity index (χ1) is 13.6. The van der Waals surface area contributed by atoms with Crippen LogP contribution >= 0.6 is 23.1 Å². The van der Waals surface area contributed by atoms with Crippen LogP contribution in [-0.4, -0.2) is 40.4 Å². The van der Waals surface area contributed by atoms with Gasteiger partial charge in [0.25, 0.3) is 0 Å². The molecule has 0 aliphatic carbocycles. The van der Waals surface area contributed by atoms with E-state index < -0.39 is 0 Å². The predicted octanol–water partition coefficient (Wildman–Crippen LogP) is 4.43. The number of para-hydroxylation sites is 2. The number of aromatic nitrogens is 2. The molecule has 0 bridgehead atoms. The van der Waals surface area contributed by atoms with E-state index in [1.807, 2.05) is 68.6 Å². The second-order valence-corrected chi connectivity index (χ2v) is 8.70. The summed E-state index contributed by atoms with van der Waals surface area (Å²) in [6.07, 6.45) is 0. The minimum atomic E-state index is -0.249. The second kappa shape index (κ2) is 9.57. The molecular weight excluding hydrogens is 392 g/mol. The molecule has 1 heterocycles. The topological polar surface area (TPSA) is 67.3 Å². The van der Waals surface area contributed by atoms with Crippen molar-refractivity contribution in [3.63, 3.8) is 0 Å². The number of rotatable bonds is 8. The lowest BCUT2D eigenvalue weighted by molar-refractivity contribution is -0.129. The number of nitrogens with one attached hydrogen (secondary N) is 1. The highest BCUT2D eigenvalue weighted by atomic mass is 32.2. The zero-order valence-electron chi connectivity index (χ0n) is 16.0. The van der Waals surface area contributed by atoms with Crippen molar-refractivity contribution in [2.24, 2.45) is 0 Å². The first kappa shape index (κ1) is 20.2. The van der Waals surface area contributed by atoms with Crippen LogP contribution in [0.5, 0.6) is 5.75 Å². The van der Waals surface area contributed by atoms with Gasteiger partial charge >= 0.3 is 0 Å². The van der Waals surface area contributed by atoms with E-state index >= 15 is 0 Å². The van der Waals surface area contributed by atoms with Gasteiger partial charge in [0.1, 0.15) is 5.75 Å². The number of thioether (sulfide) groups is 1. The molecule has 1 N–H and O–H groups in total. The minimum absolute atomic E-state index is 0.0586. The van der Waals surface area contributed by atoms with Crippen LogP contribution in [0.1, 0.15) is 12.5 Å². The van der Waals surface area contributed by atoms with Crippen LogP contribution in [0.4, 0.5) is 10.8 Å². The Kier molecular flexibility index (Phi) is 6.89. The van der Waals surface area contributed by atoms with E-state index in [4.69, 9.17) is 4.74 Å². The molecule has 6 nitrogen and oxygen atoms in total. The third-order valence-corrected chi connectivity index (χ3v) is 6.03. The SMILES string of the molecule is COc1ccccc1Nc1nnc(S[C@@H](C)C(=O)N(C)Cc2ccccc2)s1. The minimum Gasteiger partial charge on any atom is -0.495 e. The van der Waals surface area contributed by atoms with Gasteiger partial charge in [-0.25, -0.2) is 0 Å². The van der Waals surface area contributed by atoms with Gasteiger partial charge in [-0.2, -0.15) is 0 Å². The fraction of sp³-hybridized carbons (Fsp3) is 0.250. The highest BCUT2D eigenvalue weighted by molar-refractivity contribution is 8.02. The number of hydrogen-bond acceptors (Lipinski definition) is 7. The van der Waals surface area contributed by atoms with Crippen molar-refractivity contribution in [2.45, 2.75) is 23.1 Å². The van der Waals surface area contributed by atoms with Crippen LogP contribution in [0.25, 0.3) is 0 Å². The van der Waals surface area contributed by atoms with E-state index in [-0.39, 0.29) is 11.2 Å². The highest BCUT2D eigenvalue weighted by Crippen LogP contribution is 2.33. The van der Waals surface area contributed by atoms with Crippen LogP contribution in [-0.2, 0) is 11.3 Å². The van der Waals surface area contributed by atoms with Crippen molar-refractivity contribution in [3.05, 3.63) is 60.2 Å². The van der Waals surface area contributed by atoms with Crippen molar-refractivity contribution in [2.75, 3.05) is 19.5 Å². The fourth-order valence-electron chi connectivity index (χ4n) is 2.62. The number of carbonyl (C=O) groups is 1. The molecule has 3 aromatic rings. The summed E-state index contributed by atoms with van der Waals surface area (Å²) < 4.78 is 6.08. The lowest BCUT2D eigenvalue weighted by Crippen LogP contribution is -2.32. The Bertz CT molecular complexity index is 917. The number of amides is 1. The summed E-state index contributed by atoms with van der Waals surface area (Å²) in [6.45, 7) is 2.48. The maximum Gasteiger partial charge on any atom is 0.235 e. The van der Waals surface area contributed by atoms with E-state index in [9.17, 15) is 4.79 Å². The number of benzene rings is 2. The Morgan fingerprint density at radius 1 is 1.18 bits per heavy atom. The zero-order chi connectivity index (χ0) is 19.9. The number of ether oxygens (including phenoxy) is 1. The van der Waals surface area contributed by atoms with Crippen molar-refractivity contribution in [3.8, 4) is 5.75 Å².